The van der Waals surface area contributed by atoms with E-state index in [4.69, 9.17) is 4.74 Å². The molecule has 2 saturated heterocycles. The highest BCUT2D eigenvalue weighted by Gasteiger charge is 2.26. The van der Waals surface area contributed by atoms with Gasteiger partial charge in [0.05, 0.1) is 5.39 Å². The van der Waals surface area contributed by atoms with Gasteiger partial charge in [0.2, 0.25) is 0 Å². The van der Waals surface area contributed by atoms with Crippen LogP contribution in [0.5, 0.6) is 0 Å². The molecule has 0 saturated carbocycles. The molecule has 4 aromatic rings. The average Bonchev–Trinajstić information content (AvgIpc) is 3.62. The number of nitrogens with zero attached hydrogens (tertiary/aromatic N) is 6. The summed E-state index contributed by atoms with van der Waals surface area (Å²) in [5, 5.41) is 7.93. The van der Waals surface area contributed by atoms with Gasteiger partial charge in [-0.05, 0) is 89.5 Å². The van der Waals surface area contributed by atoms with Gasteiger partial charge in [-0.2, -0.15) is 4.68 Å². The number of aromatic nitrogens is 2. The third kappa shape index (κ3) is 6.93. The normalized spacial score (nSPS) is 16.5. The van der Waals surface area contributed by atoms with Gasteiger partial charge in [-0.1, -0.05) is 0 Å². The quantitative estimate of drug-likeness (QED) is 0.305. The van der Waals surface area contributed by atoms with Crippen molar-refractivity contribution in [2.45, 2.75) is 26.4 Å². The van der Waals surface area contributed by atoms with Crippen molar-refractivity contribution in [1.82, 2.24) is 19.6 Å². The fraction of sp³-hybridized carbons (Fsp3) is 0.412. The molecule has 2 aromatic carbocycles. The molecular weight excluding hydrogens is 602 g/mol. The number of fused-ring (bicyclic) bond motifs is 1. The maximum Gasteiger partial charge on any atom is 0.348 e. The number of rotatable bonds is 6. The van der Waals surface area contributed by atoms with Crippen LogP contribution in [0.4, 0.5) is 17.2 Å². The Balaban J connectivity index is 1.26. The minimum Gasteiger partial charge on any atom is -0.456 e. The Morgan fingerprint density at radius 2 is 1.26 bits per heavy atom. The number of thiophene rings is 1. The minimum absolute atomic E-state index is 0.205. The third-order valence-corrected chi connectivity index (χ3v) is 9.46. The molecule has 4 heterocycles. The van der Waals surface area contributed by atoms with Gasteiger partial charge in [0.1, 0.15) is 15.3 Å². The number of hydrogen-bond donors (Lipinski definition) is 1. The van der Waals surface area contributed by atoms with Gasteiger partial charge in [0, 0.05) is 74.9 Å². The molecule has 2 aliphatic heterocycles. The topological polar surface area (TPSA) is 103 Å². The lowest BCUT2D eigenvalue weighted by molar-refractivity contribution is 0.00750. The SMILES string of the molecule is CN1CCN(c2ccc(C(=O)Nc3nn(C(=O)c4ccc(N5CCN(C)CC5)cc4)c4sc(C(=O)OC(C)(C)C)cc34)cc2)CC1. The van der Waals surface area contributed by atoms with Crippen molar-refractivity contribution in [2.75, 3.05) is 81.6 Å². The Kier molecular flexibility index (Phi) is 8.86. The number of esters is 1. The zero-order valence-electron chi connectivity index (χ0n) is 27.1. The smallest absolute Gasteiger partial charge is 0.348 e. The highest BCUT2D eigenvalue weighted by molar-refractivity contribution is 7.20. The lowest BCUT2D eigenvalue weighted by Crippen LogP contribution is -2.44. The van der Waals surface area contributed by atoms with Crippen LogP contribution in [-0.2, 0) is 4.74 Å². The van der Waals surface area contributed by atoms with Crippen LogP contribution < -0.4 is 15.1 Å². The van der Waals surface area contributed by atoms with E-state index in [9.17, 15) is 14.4 Å². The Morgan fingerprint density at radius 1 is 0.761 bits per heavy atom. The van der Waals surface area contributed by atoms with Gasteiger partial charge in [-0.3, -0.25) is 9.59 Å². The van der Waals surface area contributed by atoms with E-state index in [1.807, 2.05) is 24.3 Å². The first kappa shape index (κ1) is 31.7. The molecule has 2 aliphatic rings. The van der Waals surface area contributed by atoms with Crippen LogP contribution in [0.15, 0.2) is 54.6 Å². The molecule has 46 heavy (non-hydrogen) atoms. The number of carbonyl (C=O) groups is 3. The summed E-state index contributed by atoms with van der Waals surface area (Å²) < 4.78 is 6.87. The fourth-order valence-corrected chi connectivity index (χ4v) is 6.62. The van der Waals surface area contributed by atoms with Crippen LogP contribution in [0, 0.1) is 0 Å². The average molecular weight is 644 g/mol. The van der Waals surface area contributed by atoms with E-state index in [0.29, 0.717) is 26.2 Å². The lowest BCUT2D eigenvalue weighted by Gasteiger charge is -2.34. The van der Waals surface area contributed by atoms with Crippen molar-refractivity contribution in [2.24, 2.45) is 0 Å². The van der Waals surface area contributed by atoms with Crippen molar-refractivity contribution in [3.8, 4) is 0 Å². The Labute approximate surface area is 273 Å². The number of benzene rings is 2. The van der Waals surface area contributed by atoms with Crippen LogP contribution >= 0.6 is 11.3 Å². The summed E-state index contributed by atoms with van der Waals surface area (Å²) in [7, 11) is 4.23. The molecule has 0 spiro atoms. The third-order valence-electron chi connectivity index (χ3n) is 8.36. The van der Waals surface area contributed by atoms with E-state index >= 15 is 0 Å². The van der Waals surface area contributed by atoms with Crippen molar-refractivity contribution in [3.05, 3.63) is 70.6 Å². The highest BCUT2D eigenvalue weighted by atomic mass is 32.1. The van der Waals surface area contributed by atoms with Crippen molar-refractivity contribution in [3.63, 3.8) is 0 Å². The second kappa shape index (κ2) is 12.9. The standard InChI is InChI=1S/C34H41N7O4S/c1-34(2,3)45-33(44)28-22-27-29(35-30(42)23-6-10-25(11-7-23)39-18-14-37(4)15-19-39)36-41(32(27)46-28)31(43)24-8-12-26(13-9-24)40-20-16-38(5)17-21-40/h6-13,22H,14-21H2,1-5H3,(H,35,36,42). The number of anilines is 3. The summed E-state index contributed by atoms with van der Waals surface area (Å²) in [6.07, 6.45) is 0. The Morgan fingerprint density at radius 3 is 1.76 bits per heavy atom. The first-order valence-electron chi connectivity index (χ1n) is 15.6. The number of ether oxygens (including phenoxy) is 1. The zero-order chi connectivity index (χ0) is 32.6. The zero-order valence-corrected chi connectivity index (χ0v) is 27.9. The van der Waals surface area contributed by atoms with Gasteiger partial charge in [0.25, 0.3) is 11.8 Å². The molecule has 0 atom stereocenters. The van der Waals surface area contributed by atoms with E-state index in [-0.39, 0.29) is 17.6 Å². The predicted molar refractivity (Wildman–Crippen MR) is 183 cm³/mol. The Hall–Kier alpha value is -4.26. The number of likely N-dealkylation sites (N-methyl/N-ethyl adjacent to an activating group) is 2. The molecule has 12 heteroatoms. The fourth-order valence-electron chi connectivity index (χ4n) is 5.64. The van der Waals surface area contributed by atoms with Crippen LogP contribution in [0.2, 0.25) is 0 Å². The van der Waals surface area contributed by atoms with Crippen LogP contribution in [0.25, 0.3) is 10.2 Å². The van der Waals surface area contributed by atoms with E-state index in [0.717, 1.165) is 75.1 Å². The first-order valence-corrected chi connectivity index (χ1v) is 16.5. The van der Waals surface area contributed by atoms with Gasteiger partial charge in [-0.25, -0.2) is 4.79 Å². The van der Waals surface area contributed by atoms with Gasteiger partial charge in [0.15, 0.2) is 5.82 Å². The maximum absolute atomic E-state index is 13.8. The molecule has 1 amide bonds. The van der Waals surface area contributed by atoms with Gasteiger partial charge >= 0.3 is 5.97 Å². The summed E-state index contributed by atoms with van der Waals surface area (Å²) >= 11 is 1.12. The van der Waals surface area contributed by atoms with E-state index < -0.39 is 11.6 Å². The second-order valence-corrected chi connectivity index (χ2v) is 14.1. The molecule has 2 fully saturated rings. The summed E-state index contributed by atoms with van der Waals surface area (Å²) in [6.45, 7) is 13.1. The molecule has 242 valence electrons. The maximum atomic E-state index is 13.8. The van der Waals surface area contributed by atoms with Gasteiger partial charge in [-0.15, -0.1) is 16.4 Å². The molecule has 2 aromatic heterocycles. The second-order valence-electron chi connectivity index (χ2n) is 13.0. The van der Waals surface area contributed by atoms with Crippen molar-refractivity contribution in [1.29, 1.82) is 0 Å². The molecule has 0 radical (unpaired) electrons. The Bertz CT molecular complexity index is 1720. The highest BCUT2D eigenvalue weighted by Crippen LogP contribution is 2.34. The van der Waals surface area contributed by atoms with Crippen LogP contribution in [-0.4, -0.2) is 109 Å². The number of nitrogens with one attached hydrogen (secondary N) is 1. The molecule has 11 nitrogen and oxygen atoms in total. The molecule has 0 bridgehead atoms. The molecule has 0 aliphatic carbocycles. The summed E-state index contributed by atoms with van der Waals surface area (Å²) in [6, 6.07) is 16.6. The van der Waals surface area contributed by atoms with Crippen LogP contribution in [0.1, 0.15) is 51.2 Å². The molecule has 6 rings (SSSR count). The van der Waals surface area contributed by atoms with Crippen LogP contribution in [0.3, 0.4) is 0 Å². The van der Waals surface area contributed by atoms with E-state index in [2.05, 4.69) is 44.1 Å². The molecular formula is C34H41N7O4S. The lowest BCUT2D eigenvalue weighted by atomic mass is 10.1. The van der Waals surface area contributed by atoms with E-state index in [1.165, 1.54) is 4.68 Å². The minimum atomic E-state index is -0.687. The number of carbonyl (C=O) groups excluding carboxylic acids is 3. The molecule has 0 unspecified atom stereocenters. The molecule has 1 N–H and O–H groups in total. The predicted octanol–water partition coefficient (Wildman–Crippen LogP) is 4.50. The van der Waals surface area contributed by atoms with Crippen molar-refractivity contribution >= 4 is 56.5 Å². The summed E-state index contributed by atoms with van der Waals surface area (Å²) in [5.74, 6) is -1.01. The number of amides is 1. The van der Waals surface area contributed by atoms with E-state index in [1.54, 1.807) is 51.1 Å². The van der Waals surface area contributed by atoms with Gasteiger partial charge < -0.3 is 29.7 Å². The van der Waals surface area contributed by atoms with Crippen molar-refractivity contribution < 1.29 is 19.1 Å². The monoisotopic (exact) mass is 643 g/mol. The summed E-state index contributed by atoms with van der Waals surface area (Å²) in [5.41, 5.74) is 2.36. The largest absolute Gasteiger partial charge is 0.456 e. The first-order chi connectivity index (χ1) is 21.9. The summed E-state index contributed by atoms with van der Waals surface area (Å²) in [4.78, 5) is 50.2. The number of piperazine rings is 2. The number of hydrogen-bond acceptors (Lipinski definition) is 10.